The maximum absolute atomic E-state index is 12.0. The summed E-state index contributed by atoms with van der Waals surface area (Å²) in [6.07, 6.45) is 1.79. The molecule has 0 spiro atoms. The molecule has 3 fully saturated rings. The Bertz CT molecular complexity index is 1210. The molecule has 2 saturated heterocycles. The van der Waals surface area contributed by atoms with Crippen LogP contribution in [0.4, 0.5) is 5.69 Å². The van der Waals surface area contributed by atoms with Crippen molar-refractivity contribution >= 4 is 11.6 Å². The highest BCUT2D eigenvalue weighted by Gasteiger charge is 2.81. The Morgan fingerprint density at radius 3 is 2.53 bits per heavy atom. The van der Waals surface area contributed by atoms with Crippen LogP contribution >= 0.6 is 0 Å². The summed E-state index contributed by atoms with van der Waals surface area (Å²) >= 11 is 0. The van der Waals surface area contributed by atoms with Gasteiger partial charge in [0.1, 0.15) is 6.10 Å². The third-order valence-corrected chi connectivity index (χ3v) is 7.72. The number of nitro benzene ring substituents is 1. The third kappa shape index (κ3) is 2.49. The average molecular weight is 463 g/mol. The van der Waals surface area contributed by atoms with E-state index in [0.29, 0.717) is 19.3 Å². The van der Waals surface area contributed by atoms with Crippen LogP contribution in [0, 0.1) is 72.2 Å². The number of hydrogen-bond acceptors (Lipinski definition) is 10. The third-order valence-electron chi connectivity index (χ3n) is 7.72. The molecule has 5 atom stereocenters. The quantitative estimate of drug-likeness (QED) is 0.513. The summed E-state index contributed by atoms with van der Waals surface area (Å²) in [6, 6.07) is 8.50. The van der Waals surface area contributed by atoms with Crippen molar-refractivity contribution in [1.29, 1.82) is 21.2 Å². The molecule has 1 N–H and O–H groups in total. The molecule has 0 amide bonds. The molecule has 3 aliphatic heterocycles. The van der Waals surface area contributed by atoms with Crippen LogP contribution in [0.15, 0.2) is 12.1 Å². The highest BCUT2D eigenvalue weighted by molar-refractivity contribution is 5.89. The highest BCUT2D eigenvalue weighted by Crippen LogP contribution is 2.70. The maximum Gasteiger partial charge on any atom is 0.279 e. The van der Waals surface area contributed by atoms with E-state index in [1.807, 2.05) is 12.1 Å². The molecular weight excluding hydrogens is 442 g/mol. The summed E-state index contributed by atoms with van der Waals surface area (Å²) in [5.41, 5.74) is -4.74. The average Bonchev–Trinajstić information content (AvgIpc) is 3.37. The van der Waals surface area contributed by atoms with Crippen molar-refractivity contribution in [3.05, 3.63) is 27.8 Å². The summed E-state index contributed by atoms with van der Waals surface area (Å²) in [6.45, 7) is 1.92. The van der Waals surface area contributed by atoms with Crippen LogP contribution in [-0.2, 0) is 9.47 Å². The minimum absolute atomic E-state index is 0.0937. The van der Waals surface area contributed by atoms with Crippen LogP contribution < -0.4 is 9.47 Å². The summed E-state index contributed by atoms with van der Waals surface area (Å²) < 4.78 is 22.9. The first kappa shape index (κ1) is 21.9. The van der Waals surface area contributed by atoms with E-state index in [-0.39, 0.29) is 29.8 Å². The largest absolute Gasteiger partial charge is 0.454 e. The van der Waals surface area contributed by atoms with Gasteiger partial charge >= 0.3 is 0 Å². The number of fused-ring (bicyclic) bond motifs is 1. The molecule has 0 aromatic heterocycles. The Hall–Kier alpha value is -3.88. The molecule has 2 bridgehead atoms. The lowest BCUT2D eigenvalue weighted by atomic mass is 9.50. The molecule has 4 aliphatic rings. The Kier molecular flexibility index (Phi) is 4.72. The molecule has 174 valence electrons. The van der Waals surface area contributed by atoms with E-state index in [0.717, 1.165) is 18.9 Å². The lowest BCUT2D eigenvalue weighted by molar-refractivity contribution is -0.387. The summed E-state index contributed by atoms with van der Waals surface area (Å²) in [5, 5.41) is 51.9. The van der Waals surface area contributed by atoms with E-state index >= 15 is 0 Å². The standard InChI is InChI=1S/C23H21N5O6/c1-2-3-13-4-5-23-18(6-13)22(11-26,20(27)34-23)21(9-24,10-25)19(33-23)14-7-16-17(32-12-31-16)8-15(14)28(29)30/h7-8,13,18-19,27H,2-6,12H2,1H3. The van der Waals surface area contributed by atoms with Crippen molar-refractivity contribution in [3.8, 4) is 29.7 Å². The van der Waals surface area contributed by atoms with Gasteiger partial charge < -0.3 is 18.9 Å². The Labute approximate surface area is 195 Å². The maximum atomic E-state index is 12.0. The molecule has 3 heterocycles. The van der Waals surface area contributed by atoms with Crippen LogP contribution in [0.2, 0.25) is 0 Å². The Morgan fingerprint density at radius 1 is 1.21 bits per heavy atom. The number of nitro groups is 1. The zero-order chi connectivity index (χ0) is 24.3. The predicted octanol–water partition coefficient (Wildman–Crippen LogP) is 3.86. The van der Waals surface area contributed by atoms with Gasteiger partial charge in [-0.3, -0.25) is 15.5 Å². The molecular formula is C23H21N5O6. The summed E-state index contributed by atoms with van der Waals surface area (Å²) in [5.74, 6) is -2.07. The van der Waals surface area contributed by atoms with Crippen LogP contribution in [0.25, 0.3) is 0 Å². The van der Waals surface area contributed by atoms with Crippen LogP contribution in [0.1, 0.15) is 50.7 Å². The van der Waals surface area contributed by atoms with Gasteiger partial charge in [0, 0.05) is 6.42 Å². The van der Waals surface area contributed by atoms with Crippen LogP contribution in [0.3, 0.4) is 0 Å². The number of rotatable bonds is 4. The van der Waals surface area contributed by atoms with Crippen LogP contribution in [0.5, 0.6) is 11.5 Å². The summed E-state index contributed by atoms with van der Waals surface area (Å²) in [4.78, 5) is 11.3. The molecule has 0 radical (unpaired) electrons. The van der Waals surface area contributed by atoms with E-state index in [4.69, 9.17) is 24.4 Å². The van der Waals surface area contributed by atoms with Gasteiger partial charge in [-0.05, 0) is 24.8 Å². The fourth-order valence-electron chi connectivity index (χ4n) is 6.18. The monoisotopic (exact) mass is 463 g/mol. The lowest BCUT2D eigenvalue weighted by Gasteiger charge is -2.52. The van der Waals surface area contributed by atoms with Gasteiger partial charge in [0.25, 0.3) is 5.69 Å². The predicted molar refractivity (Wildman–Crippen MR) is 112 cm³/mol. The lowest BCUT2D eigenvalue weighted by Crippen LogP contribution is -2.61. The van der Waals surface area contributed by atoms with Gasteiger partial charge in [-0.1, -0.05) is 19.8 Å². The molecule has 5 unspecified atom stereocenters. The summed E-state index contributed by atoms with van der Waals surface area (Å²) in [7, 11) is 0. The molecule has 34 heavy (non-hydrogen) atoms. The van der Waals surface area contributed by atoms with Crippen molar-refractivity contribution in [2.24, 2.45) is 22.7 Å². The molecule has 1 aliphatic carbocycles. The number of nitriles is 3. The van der Waals surface area contributed by atoms with E-state index in [1.54, 1.807) is 0 Å². The van der Waals surface area contributed by atoms with Gasteiger partial charge in [0.05, 0.1) is 40.7 Å². The number of benzene rings is 1. The normalized spacial score (nSPS) is 34.2. The van der Waals surface area contributed by atoms with E-state index in [9.17, 15) is 25.9 Å². The van der Waals surface area contributed by atoms with Crippen molar-refractivity contribution in [1.82, 2.24) is 0 Å². The van der Waals surface area contributed by atoms with Gasteiger partial charge in [-0.25, -0.2) is 0 Å². The molecule has 5 rings (SSSR count). The molecule has 11 heteroatoms. The first-order valence-corrected chi connectivity index (χ1v) is 11.1. The number of ether oxygens (including phenoxy) is 4. The van der Waals surface area contributed by atoms with Crippen molar-refractivity contribution < 1.29 is 23.9 Å². The second kappa shape index (κ2) is 7.31. The minimum atomic E-state index is -2.27. The topological polar surface area (TPSA) is 175 Å². The number of nitrogens with zero attached hydrogens (tertiary/aromatic N) is 4. The van der Waals surface area contributed by atoms with Gasteiger partial charge in [-0.15, -0.1) is 0 Å². The van der Waals surface area contributed by atoms with Gasteiger partial charge in [0.2, 0.25) is 23.9 Å². The Morgan fingerprint density at radius 2 is 1.91 bits per heavy atom. The molecule has 11 nitrogen and oxygen atoms in total. The second-order valence-corrected chi connectivity index (χ2v) is 9.20. The first-order valence-electron chi connectivity index (χ1n) is 11.1. The molecule has 1 saturated carbocycles. The first-order chi connectivity index (χ1) is 16.3. The van der Waals surface area contributed by atoms with E-state index in [1.165, 1.54) is 6.07 Å². The Balaban J connectivity index is 1.75. The van der Waals surface area contributed by atoms with E-state index < -0.39 is 45.1 Å². The van der Waals surface area contributed by atoms with Gasteiger partial charge in [-0.2, -0.15) is 15.8 Å². The molecule has 1 aromatic rings. The van der Waals surface area contributed by atoms with Gasteiger partial charge in [0.15, 0.2) is 16.9 Å². The molecule has 1 aromatic carbocycles. The second-order valence-electron chi connectivity index (χ2n) is 9.20. The zero-order valence-electron chi connectivity index (χ0n) is 18.4. The van der Waals surface area contributed by atoms with E-state index in [2.05, 4.69) is 13.0 Å². The minimum Gasteiger partial charge on any atom is -0.454 e. The number of nitrogens with one attached hydrogen (secondary N) is 1. The number of hydrogen-bond donors (Lipinski definition) is 1. The van der Waals surface area contributed by atoms with Crippen molar-refractivity contribution in [2.45, 2.75) is 50.9 Å². The fraction of sp³-hybridized carbons (Fsp3) is 0.565. The fourth-order valence-corrected chi connectivity index (χ4v) is 6.18. The smallest absolute Gasteiger partial charge is 0.279 e. The zero-order valence-corrected chi connectivity index (χ0v) is 18.4. The van der Waals surface area contributed by atoms with Crippen LogP contribution in [-0.4, -0.2) is 23.4 Å². The van der Waals surface area contributed by atoms with Crippen molar-refractivity contribution in [3.63, 3.8) is 0 Å². The highest BCUT2D eigenvalue weighted by atomic mass is 16.7. The SMILES string of the molecule is CCCC1CCC23OC(=N)C(C#N)(C2C1)C(C#N)(C#N)C(c1cc2c(cc1[N+](=O)[O-])OCO2)O3. The van der Waals surface area contributed by atoms with Crippen molar-refractivity contribution in [2.75, 3.05) is 6.79 Å².